The van der Waals surface area contributed by atoms with Gasteiger partial charge in [-0.05, 0) is 26.7 Å². The molecule has 0 rings (SSSR count). The van der Waals surface area contributed by atoms with Crippen LogP contribution in [-0.4, -0.2) is 54.9 Å². The van der Waals surface area contributed by atoms with E-state index in [0.717, 1.165) is 0 Å². The molecule has 0 saturated heterocycles. The molecule has 10 heteroatoms. The van der Waals surface area contributed by atoms with E-state index in [1.165, 1.54) is 25.6 Å². The summed E-state index contributed by atoms with van der Waals surface area (Å²) in [6.45, 7) is 2.95. The molecule has 3 N–H and O–H groups in total. The van der Waals surface area contributed by atoms with Gasteiger partial charge in [-0.2, -0.15) is 12.6 Å². The third-order valence-electron chi connectivity index (χ3n) is 3.37. The van der Waals surface area contributed by atoms with Crippen molar-refractivity contribution in [2.45, 2.75) is 50.6 Å². The van der Waals surface area contributed by atoms with E-state index in [1.54, 1.807) is 0 Å². The van der Waals surface area contributed by atoms with E-state index < -0.39 is 23.9 Å². The fourth-order valence-electron chi connectivity index (χ4n) is 1.40. The van der Waals surface area contributed by atoms with E-state index in [1.807, 2.05) is 0 Å². The first-order valence-electron chi connectivity index (χ1n) is 7.10. The molecule has 0 aromatic rings. The lowest BCUT2D eigenvalue weighted by molar-refractivity contribution is 0.0218. The number of nitrogens with one attached hydrogen (secondary N) is 1. The van der Waals surface area contributed by atoms with Crippen LogP contribution in [0.15, 0.2) is 0 Å². The van der Waals surface area contributed by atoms with E-state index in [4.69, 9.17) is 15.2 Å². The minimum atomic E-state index is -2.62. The zero-order valence-corrected chi connectivity index (χ0v) is 15.1. The summed E-state index contributed by atoms with van der Waals surface area (Å²) < 4.78 is 61.3. The summed E-state index contributed by atoms with van der Waals surface area (Å²) in [4.78, 5) is 0. The number of hydrogen-bond acceptors (Lipinski definition) is 6. The summed E-state index contributed by atoms with van der Waals surface area (Å²) in [5.74, 6) is 0.635. The summed E-state index contributed by atoms with van der Waals surface area (Å²) in [6.07, 6.45) is -5.00. The maximum Gasteiger partial charge on any atom is 0.256 e. The van der Waals surface area contributed by atoms with Crippen molar-refractivity contribution < 1.29 is 27.0 Å². The van der Waals surface area contributed by atoms with Crippen LogP contribution in [0.1, 0.15) is 26.7 Å². The highest BCUT2D eigenvalue weighted by molar-refractivity contribution is 7.99. The molecule has 2 unspecified atom stereocenters. The third kappa shape index (κ3) is 9.98. The van der Waals surface area contributed by atoms with Gasteiger partial charge in [0.25, 0.3) is 12.9 Å². The molecule has 2 atom stereocenters. The van der Waals surface area contributed by atoms with Crippen LogP contribution >= 0.6 is 24.4 Å². The van der Waals surface area contributed by atoms with Crippen LogP contribution in [0.4, 0.5) is 17.6 Å². The molecule has 0 aromatic carbocycles. The van der Waals surface area contributed by atoms with Gasteiger partial charge in [-0.25, -0.2) is 17.6 Å². The fourth-order valence-corrected chi connectivity index (χ4v) is 2.28. The number of hydrogen-bond donors (Lipinski definition) is 3. The molecular weight excluding hydrogens is 356 g/mol. The van der Waals surface area contributed by atoms with Crippen LogP contribution in [0.3, 0.4) is 0 Å². The number of ether oxygens (including phenoxy) is 2. The van der Waals surface area contributed by atoms with E-state index in [-0.39, 0.29) is 43.8 Å². The van der Waals surface area contributed by atoms with Gasteiger partial charge in [0.15, 0.2) is 0 Å². The highest BCUT2D eigenvalue weighted by Crippen LogP contribution is 2.21. The van der Waals surface area contributed by atoms with E-state index in [2.05, 4.69) is 17.9 Å². The van der Waals surface area contributed by atoms with E-state index in [9.17, 15) is 17.6 Å². The smallest absolute Gasteiger partial charge is 0.256 e. The molecule has 23 heavy (non-hydrogen) atoms. The summed E-state index contributed by atoms with van der Waals surface area (Å²) in [7, 11) is 0. The van der Waals surface area contributed by atoms with E-state index in [0.29, 0.717) is 0 Å². The lowest BCUT2D eigenvalue weighted by atomic mass is 9.99. The zero-order chi connectivity index (χ0) is 17.9. The highest BCUT2D eigenvalue weighted by atomic mass is 32.2. The summed E-state index contributed by atoms with van der Waals surface area (Å²) >= 11 is 5.09. The molecular formula is C13H26F4N2O2S2. The van der Waals surface area contributed by atoms with Crippen LogP contribution in [0.2, 0.25) is 0 Å². The predicted octanol–water partition coefficient (Wildman–Crippen LogP) is 2.93. The molecule has 0 fully saturated rings. The average Bonchev–Trinajstić information content (AvgIpc) is 2.46. The molecule has 0 saturated carbocycles. The fraction of sp³-hybridized carbons (Fsp3) is 1.00. The molecule has 0 aliphatic heterocycles. The minimum Gasteiger partial charge on any atom is -0.371 e. The zero-order valence-electron chi connectivity index (χ0n) is 13.4. The largest absolute Gasteiger partial charge is 0.371 e. The van der Waals surface area contributed by atoms with Crippen LogP contribution < -0.4 is 11.1 Å². The molecule has 0 radical (unpaired) electrons. The second-order valence-electron chi connectivity index (χ2n) is 5.61. The van der Waals surface area contributed by atoms with E-state index >= 15 is 0 Å². The van der Waals surface area contributed by atoms with Crippen molar-refractivity contribution in [1.82, 2.24) is 5.32 Å². The molecule has 0 heterocycles. The van der Waals surface area contributed by atoms with Crippen molar-refractivity contribution in [2.75, 3.05) is 31.0 Å². The molecule has 0 aromatic heterocycles. The van der Waals surface area contributed by atoms with Crippen molar-refractivity contribution in [3.63, 3.8) is 0 Å². The van der Waals surface area contributed by atoms with Crippen LogP contribution in [0.5, 0.6) is 0 Å². The van der Waals surface area contributed by atoms with Crippen molar-refractivity contribution in [1.29, 1.82) is 0 Å². The van der Waals surface area contributed by atoms with Gasteiger partial charge in [-0.1, -0.05) is 0 Å². The molecule has 0 aliphatic rings. The van der Waals surface area contributed by atoms with Crippen molar-refractivity contribution in [2.24, 2.45) is 5.73 Å². The average molecular weight is 382 g/mol. The van der Waals surface area contributed by atoms with Gasteiger partial charge >= 0.3 is 0 Å². The standard InChI is InChI=1S/C13H26F4N2O2S2/c1-12(18,10(14)15)3-5-21-9-23-7-19-13(2,11(16)17)4-6-20-8-22/h10-11,19,22H,3-9,18H2,1-2H3. The van der Waals surface area contributed by atoms with Gasteiger partial charge in [-0.15, -0.1) is 11.8 Å². The van der Waals surface area contributed by atoms with Crippen LogP contribution in [0.25, 0.3) is 0 Å². The van der Waals surface area contributed by atoms with Gasteiger partial charge in [0.05, 0.1) is 23.0 Å². The minimum absolute atomic E-state index is 0.0223. The Morgan fingerprint density at radius 3 is 2.22 bits per heavy atom. The predicted molar refractivity (Wildman–Crippen MR) is 88.5 cm³/mol. The molecule has 0 spiro atoms. The summed E-state index contributed by atoms with van der Waals surface area (Å²) in [5, 5.41) is 2.76. The maximum atomic E-state index is 13.1. The number of alkyl halides is 4. The van der Waals surface area contributed by atoms with Crippen LogP contribution in [-0.2, 0) is 9.47 Å². The number of halogens is 4. The number of nitrogens with two attached hydrogens (primary N) is 1. The first-order chi connectivity index (χ1) is 10.7. The Kier molecular flexibility index (Phi) is 11.9. The highest BCUT2D eigenvalue weighted by Gasteiger charge is 2.34. The normalized spacial score (nSPS) is 17.5. The lowest BCUT2D eigenvalue weighted by Gasteiger charge is -2.30. The quantitative estimate of drug-likeness (QED) is 0.187. The van der Waals surface area contributed by atoms with Gasteiger partial charge in [0.1, 0.15) is 0 Å². The summed E-state index contributed by atoms with van der Waals surface area (Å²) in [6, 6.07) is 0. The molecule has 0 bridgehead atoms. The van der Waals surface area contributed by atoms with Crippen molar-refractivity contribution in [3.8, 4) is 0 Å². The second kappa shape index (κ2) is 11.8. The van der Waals surface area contributed by atoms with Gasteiger partial charge in [0, 0.05) is 19.1 Å². The van der Waals surface area contributed by atoms with Crippen LogP contribution in [0, 0.1) is 0 Å². The molecule has 140 valence electrons. The Labute approximate surface area is 144 Å². The lowest BCUT2D eigenvalue weighted by Crippen LogP contribution is -2.49. The Morgan fingerprint density at radius 1 is 1.09 bits per heavy atom. The number of rotatable bonds is 14. The Hall–Kier alpha value is 0.260. The third-order valence-corrected chi connectivity index (χ3v) is 4.23. The maximum absolute atomic E-state index is 13.1. The monoisotopic (exact) mass is 382 g/mol. The first-order valence-corrected chi connectivity index (χ1v) is 8.88. The number of thiol groups is 1. The van der Waals surface area contributed by atoms with Gasteiger partial charge < -0.3 is 15.2 Å². The molecule has 0 aliphatic carbocycles. The SMILES string of the molecule is CC(N)(CCOCSCNC(C)(CCOCS)C(F)F)C(F)F. The number of thioether (sulfide) groups is 1. The Morgan fingerprint density at radius 2 is 1.70 bits per heavy atom. The van der Waals surface area contributed by atoms with Crippen molar-refractivity contribution in [3.05, 3.63) is 0 Å². The molecule has 4 nitrogen and oxygen atoms in total. The van der Waals surface area contributed by atoms with Gasteiger partial charge in [0.2, 0.25) is 0 Å². The van der Waals surface area contributed by atoms with Crippen molar-refractivity contribution >= 4 is 24.4 Å². The Balaban J connectivity index is 3.86. The molecule has 0 amide bonds. The second-order valence-corrected chi connectivity index (χ2v) is 6.80. The summed E-state index contributed by atoms with van der Waals surface area (Å²) in [5.41, 5.74) is 2.46. The topological polar surface area (TPSA) is 56.5 Å². The first kappa shape index (κ1) is 23.3. The Bertz CT molecular complexity index is 316. The van der Waals surface area contributed by atoms with Gasteiger partial charge in [-0.3, -0.25) is 5.32 Å².